The molecule has 0 fully saturated rings. The average Bonchev–Trinajstić information content (AvgIpc) is 2.75. The molecule has 0 unspecified atom stereocenters. The van der Waals surface area contributed by atoms with Crippen LogP contribution in [0.25, 0.3) is 10.6 Å². The molecule has 0 aliphatic carbocycles. The number of thiophene rings is 1. The monoisotopic (exact) mass is 218 g/mol. The highest BCUT2D eigenvalue weighted by Gasteiger charge is 2.02. The Morgan fingerprint density at radius 1 is 1.47 bits per heavy atom. The maximum atomic E-state index is 11.4. The van der Waals surface area contributed by atoms with E-state index in [-0.39, 0.29) is 5.56 Å². The lowest BCUT2D eigenvalue weighted by Gasteiger charge is -2.02. The van der Waals surface area contributed by atoms with Gasteiger partial charge in [-0.15, -0.1) is 17.9 Å². The number of allylic oxidation sites excluding steroid dienone is 1. The van der Waals surface area contributed by atoms with Crippen molar-refractivity contribution < 1.29 is 0 Å². The Morgan fingerprint density at radius 2 is 2.33 bits per heavy atom. The van der Waals surface area contributed by atoms with E-state index in [0.717, 1.165) is 10.6 Å². The van der Waals surface area contributed by atoms with Gasteiger partial charge in [0, 0.05) is 6.07 Å². The lowest BCUT2D eigenvalue weighted by Crippen LogP contribution is -2.21. The fraction of sp³-hybridized carbons (Fsp3) is 0.0909. The zero-order valence-electron chi connectivity index (χ0n) is 8.09. The van der Waals surface area contributed by atoms with Crippen molar-refractivity contribution in [1.82, 2.24) is 9.78 Å². The van der Waals surface area contributed by atoms with Crippen LogP contribution >= 0.6 is 11.3 Å². The lowest BCUT2D eigenvalue weighted by atomic mass is 10.3. The summed E-state index contributed by atoms with van der Waals surface area (Å²) in [5.41, 5.74) is 0.724. The van der Waals surface area contributed by atoms with E-state index in [4.69, 9.17) is 0 Å². The van der Waals surface area contributed by atoms with Gasteiger partial charge >= 0.3 is 0 Å². The summed E-state index contributed by atoms with van der Waals surface area (Å²) in [5, 5.41) is 6.23. The number of aromatic nitrogens is 2. The minimum Gasteiger partial charge on any atom is -0.268 e. The van der Waals surface area contributed by atoms with Crippen LogP contribution in [-0.2, 0) is 6.54 Å². The highest BCUT2D eigenvalue weighted by atomic mass is 32.1. The van der Waals surface area contributed by atoms with Crippen molar-refractivity contribution in [3.63, 3.8) is 0 Å². The van der Waals surface area contributed by atoms with Gasteiger partial charge in [-0.1, -0.05) is 12.1 Å². The number of hydrogen-bond donors (Lipinski definition) is 0. The van der Waals surface area contributed by atoms with Crippen LogP contribution < -0.4 is 5.56 Å². The van der Waals surface area contributed by atoms with Crippen molar-refractivity contribution in [3.8, 4) is 10.6 Å². The molecule has 0 atom stereocenters. The second-order valence-corrected chi connectivity index (χ2v) is 3.95. The normalized spacial score (nSPS) is 10.1. The molecule has 2 heterocycles. The van der Waals surface area contributed by atoms with Crippen molar-refractivity contribution in [3.05, 3.63) is 52.7 Å². The van der Waals surface area contributed by atoms with E-state index in [1.807, 2.05) is 17.5 Å². The Hall–Kier alpha value is -1.68. The van der Waals surface area contributed by atoms with E-state index >= 15 is 0 Å². The molecule has 0 radical (unpaired) electrons. The Kier molecular flexibility index (Phi) is 2.78. The summed E-state index contributed by atoms with van der Waals surface area (Å²) in [5.74, 6) is 0. The van der Waals surface area contributed by atoms with Crippen molar-refractivity contribution in [1.29, 1.82) is 0 Å². The van der Waals surface area contributed by atoms with Gasteiger partial charge in [0.15, 0.2) is 0 Å². The smallest absolute Gasteiger partial charge is 0.267 e. The number of hydrogen-bond acceptors (Lipinski definition) is 3. The van der Waals surface area contributed by atoms with Crippen LogP contribution in [0.3, 0.4) is 0 Å². The molecule has 0 aromatic carbocycles. The van der Waals surface area contributed by atoms with E-state index in [1.54, 1.807) is 23.5 Å². The summed E-state index contributed by atoms with van der Waals surface area (Å²) in [4.78, 5) is 12.4. The Balaban J connectivity index is 2.47. The van der Waals surface area contributed by atoms with E-state index < -0.39 is 0 Å². The molecular formula is C11H10N2OS. The van der Waals surface area contributed by atoms with Gasteiger partial charge in [0.1, 0.15) is 5.69 Å². The molecule has 0 aliphatic rings. The Bertz CT molecular complexity index is 514. The van der Waals surface area contributed by atoms with Gasteiger partial charge in [-0.05, 0) is 17.5 Å². The molecule has 2 aromatic heterocycles. The van der Waals surface area contributed by atoms with Crippen LogP contribution in [0.5, 0.6) is 0 Å². The molecule has 0 saturated heterocycles. The fourth-order valence-electron chi connectivity index (χ4n) is 1.26. The molecule has 0 spiro atoms. The average molecular weight is 218 g/mol. The third-order valence-electron chi connectivity index (χ3n) is 1.94. The summed E-state index contributed by atoms with van der Waals surface area (Å²) in [7, 11) is 0. The first-order chi connectivity index (χ1) is 7.31. The standard InChI is InChI=1S/C11H10N2OS/c1-2-7-13-11(14)6-5-9(12-13)10-4-3-8-15-10/h2-6,8H,1,7H2. The molecule has 76 valence electrons. The second kappa shape index (κ2) is 4.23. The molecule has 15 heavy (non-hydrogen) atoms. The molecule has 0 aliphatic heterocycles. The minimum atomic E-state index is -0.102. The van der Waals surface area contributed by atoms with Gasteiger partial charge in [0.25, 0.3) is 5.56 Å². The van der Waals surface area contributed by atoms with E-state index in [1.165, 1.54) is 10.7 Å². The Labute approximate surface area is 91.3 Å². The molecular weight excluding hydrogens is 208 g/mol. The topological polar surface area (TPSA) is 34.9 Å². The molecule has 3 nitrogen and oxygen atoms in total. The molecule has 0 N–H and O–H groups in total. The number of rotatable bonds is 3. The van der Waals surface area contributed by atoms with Gasteiger partial charge < -0.3 is 0 Å². The van der Waals surface area contributed by atoms with Gasteiger partial charge in [0.2, 0.25) is 0 Å². The van der Waals surface area contributed by atoms with Crippen molar-refractivity contribution >= 4 is 11.3 Å². The molecule has 0 bridgehead atoms. The second-order valence-electron chi connectivity index (χ2n) is 3.00. The van der Waals surface area contributed by atoms with E-state index in [9.17, 15) is 4.79 Å². The highest BCUT2D eigenvalue weighted by molar-refractivity contribution is 7.13. The van der Waals surface area contributed by atoms with Crippen LogP contribution in [0.4, 0.5) is 0 Å². The minimum absolute atomic E-state index is 0.102. The maximum Gasteiger partial charge on any atom is 0.267 e. The van der Waals surface area contributed by atoms with Gasteiger partial charge in [0.05, 0.1) is 11.4 Å². The highest BCUT2D eigenvalue weighted by Crippen LogP contribution is 2.20. The van der Waals surface area contributed by atoms with Crippen LogP contribution in [0.2, 0.25) is 0 Å². The molecule has 2 aromatic rings. The maximum absolute atomic E-state index is 11.4. The quantitative estimate of drug-likeness (QED) is 0.740. The third-order valence-corrected chi connectivity index (χ3v) is 2.83. The Morgan fingerprint density at radius 3 is 3.00 bits per heavy atom. The predicted molar refractivity (Wildman–Crippen MR) is 62.0 cm³/mol. The molecule has 0 amide bonds. The van der Waals surface area contributed by atoms with Crippen LogP contribution in [0.1, 0.15) is 0 Å². The van der Waals surface area contributed by atoms with E-state index in [0.29, 0.717) is 6.54 Å². The molecule has 0 saturated carbocycles. The zero-order chi connectivity index (χ0) is 10.7. The van der Waals surface area contributed by atoms with E-state index in [2.05, 4.69) is 11.7 Å². The van der Waals surface area contributed by atoms with Crippen molar-refractivity contribution in [2.45, 2.75) is 6.54 Å². The molecule has 4 heteroatoms. The summed E-state index contributed by atoms with van der Waals surface area (Å²) in [6.07, 6.45) is 1.66. The largest absolute Gasteiger partial charge is 0.268 e. The van der Waals surface area contributed by atoms with Crippen LogP contribution in [-0.4, -0.2) is 9.78 Å². The fourth-order valence-corrected chi connectivity index (χ4v) is 1.95. The van der Waals surface area contributed by atoms with Gasteiger partial charge in [-0.25, -0.2) is 4.68 Å². The van der Waals surface area contributed by atoms with Gasteiger partial charge in [-0.3, -0.25) is 4.79 Å². The van der Waals surface area contributed by atoms with Gasteiger partial charge in [-0.2, -0.15) is 5.10 Å². The van der Waals surface area contributed by atoms with Crippen molar-refractivity contribution in [2.75, 3.05) is 0 Å². The first-order valence-corrected chi connectivity index (χ1v) is 5.42. The summed E-state index contributed by atoms with van der Waals surface area (Å²) < 4.78 is 1.40. The SMILES string of the molecule is C=CCn1nc(-c2cccs2)ccc1=O. The third kappa shape index (κ3) is 2.05. The first-order valence-electron chi connectivity index (χ1n) is 4.54. The first kappa shape index (κ1) is 9.86. The summed E-state index contributed by atoms with van der Waals surface area (Å²) in [6.45, 7) is 4.03. The van der Waals surface area contributed by atoms with Crippen LogP contribution in [0.15, 0.2) is 47.1 Å². The summed E-state index contributed by atoms with van der Waals surface area (Å²) in [6, 6.07) is 7.22. The lowest BCUT2D eigenvalue weighted by molar-refractivity contribution is 0.656. The summed E-state index contributed by atoms with van der Waals surface area (Å²) >= 11 is 1.60. The number of nitrogens with zero attached hydrogens (tertiary/aromatic N) is 2. The molecule has 2 rings (SSSR count). The van der Waals surface area contributed by atoms with Crippen molar-refractivity contribution in [2.24, 2.45) is 0 Å². The zero-order valence-corrected chi connectivity index (χ0v) is 8.91. The van der Waals surface area contributed by atoms with Crippen LogP contribution in [0, 0.1) is 0 Å². The predicted octanol–water partition coefficient (Wildman–Crippen LogP) is 2.16.